The molecule has 0 radical (unpaired) electrons. The molecule has 182 valence electrons. The molecule has 2 aromatic rings. The number of benzene rings is 2. The van der Waals surface area contributed by atoms with Gasteiger partial charge in [0.25, 0.3) is 0 Å². The van der Waals surface area contributed by atoms with Gasteiger partial charge in [-0.05, 0) is 36.8 Å². The first-order valence-corrected chi connectivity index (χ1v) is 12.2. The maximum Gasteiger partial charge on any atom is 0.319 e. The third-order valence-electron chi connectivity index (χ3n) is 5.06. The van der Waals surface area contributed by atoms with E-state index in [1.165, 1.54) is 12.1 Å². The summed E-state index contributed by atoms with van der Waals surface area (Å²) in [5.41, 5.74) is 1.05. The Morgan fingerprint density at radius 1 is 1.20 bits per heavy atom. The lowest BCUT2D eigenvalue weighted by molar-refractivity contribution is -0.150. The Balaban J connectivity index is 1.98. The second-order valence-corrected chi connectivity index (χ2v) is 9.07. The fourth-order valence-electron chi connectivity index (χ4n) is 3.58. The van der Waals surface area contributed by atoms with Gasteiger partial charge in [-0.3, -0.25) is 14.4 Å². The third-order valence-corrected chi connectivity index (χ3v) is 6.64. The maximum atomic E-state index is 13.0. The van der Waals surface area contributed by atoms with Gasteiger partial charge in [-0.15, -0.1) is 0 Å². The number of allylic oxidation sites excluding steroid dienone is 1. The van der Waals surface area contributed by atoms with E-state index in [4.69, 9.17) is 32.7 Å². The number of rotatable bonds is 8. The summed E-state index contributed by atoms with van der Waals surface area (Å²) in [7, 11) is 1.15. The number of esters is 1. The summed E-state index contributed by atoms with van der Waals surface area (Å²) in [5.74, 6) is -4.06. The Labute approximate surface area is 216 Å². The lowest BCUT2D eigenvalue weighted by atomic mass is 9.78. The molecule has 2 N–H and O–H groups in total. The molecule has 2 amide bonds. The number of nitrogens with one attached hydrogen (secondary N) is 2. The number of para-hydroxylation sites is 1. The summed E-state index contributed by atoms with van der Waals surface area (Å²) in [6.07, 6.45) is 0. The van der Waals surface area contributed by atoms with Gasteiger partial charge < -0.3 is 20.1 Å². The Hall–Kier alpha value is -3.19. The van der Waals surface area contributed by atoms with Crippen LogP contribution in [-0.2, 0) is 19.1 Å². The first-order chi connectivity index (χ1) is 16.8. The van der Waals surface area contributed by atoms with Crippen LogP contribution in [0.4, 0.5) is 5.69 Å². The van der Waals surface area contributed by atoms with Gasteiger partial charge >= 0.3 is 5.97 Å². The molecule has 0 saturated carbocycles. The molecule has 1 aliphatic heterocycles. The zero-order valence-electron chi connectivity index (χ0n) is 18.8. The SMILES string of the molecule is CCOc1c(Cl)cc([C@H]2C(C#N)=C(SCC(=O)Nc3ccccc3)NC(=O)[C@H]2C(=O)OC)cc1Cl. The van der Waals surface area contributed by atoms with Crippen molar-refractivity contribution < 1.29 is 23.9 Å². The topological polar surface area (TPSA) is 118 Å². The highest BCUT2D eigenvalue weighted by molar-refractivity contribution is 8.03. The van der Waals surface area contributed by atoms with E-state index in [0.717, 1.165) is 18.9 Å². The molecule has 0 spiro atoms. The molecule has 2 atom stereocenters. The van der Waals surface area contributed by atoms with E-state index < -0.39 is 23.7 Å². The second-order valence-electron chi connectivity index (χ2n) is 7.27. The van der Waals surface area contributed by atoms with Crippen molar-refractivity contribution in [1.29, 1.82) is 5.26 Å². The Bertz CT molecular complexity index is 1190. The van der Waals surface area contributed by atoms with Crippen LogP contribution >= 0.6 is 35.0 Å². The van der Waals surface area contributed by atoms with Crippen LogP contribution in [-0.4, -0.2) is 37.3 Å². The van der Waals surface area contributed by atoms with Crippen molar-refractivity contribution in [2.45, 2.75) is 12.8 Å². The van der Waals surface area contributed by atoms with Crippen molar-refractivity contribution in [2.75, 3.05) is 24.8 Å². The van der Waals surface area contributed by atoms with Crippen LogP contribution in [0.25, 0.3) is 0 Å². The van der Waals surface area contributed by atoms with E-state index >= 15 is 0 Å². The summed E-state index contributed by atoms with van der Waals surface area (Å²) in [5, 5.41) is 15.8. The Morgan fingerprint density at radius 3 is 2.43 bits per heavy atom. The average Bonchev–Trinajstić information content (AvgIpc) is 2.84. The number of anilines is 1. The zero-order chi connectivity index (χ0) is 25.5. The number of nitriles is 1. The molecule has 3 rings (SSSR count). The van der Waals surface area contributed by atoms with Gasteiger partial charge in [0.05, 0.1) is 46.2 Å². The van der Waals surface area contributed by atoms with Crippen molar-refractivity contribution in [3.63, 3.8) is 0 Å². The first kappa shape index (κ1) is 26.4. The van der Waals surface area contributed by atoms with Gasteiger partial charge in [-0.2, -0.15) is 5.26 Å². The molecular weight excluding hydrogens is 513 g/mol. The summed E-state index contributed by atoms with van der Waals surface area (Å²) >= 11 is 13.7. The number of ether oxygens (including phenoxy) is 2. The number of amides is 2. The molecule has 0 aliphatic carbocycles. The molecule has 0 bridgehead atoms. The van der Waals surface area contributed by atoms with Crippen molar-refractivity contribution in [3.8, 4) is 11.8 Å². The van der Waals surface area contributed by atoms with E-state index in [-0.39, 0.29) is 38.1 Å². The summed E-state index contributed by atoms with van der Waals surface area (Å²) in [6, 6.07) is 13.9. The third kappa shape index (κ3) is 6.09. The molecule has 1 heterocycles. The van der Waals surface area contributed by atoms with E-state index in [1.54, 1.807) is 31.2 Å². The number of methoxy groups -OCH3 is 1. The lowest BCUT2D eigenvalue weighted by Gasteiger charge is -2.31. The Morgan fingerprint density at radius 2 is 1.86 bits per heavy atom. The van der Waals surface area contributed by atoms with Crippen LogP contribution < -0.4 is 15.4 Å². The highest BCUT2D eigenvalue weighted by atomic mass is 35.5. The highest BCUT2D eigenvalue weighted by Gasteiger charge is 2.44. The average molecular weight is 534 g/mol. The first-order valence-electron chi connectivity index (χ1n) is 10.4. The fraction of sp³-hybridized carbons (Fsp3) is 0.250. The van der Waals surface area contributed by atoms with Gasteiger partial charge in [0.1, 0.15) is 5.92 Å². The van der Waals surface area contributed by atoms with Crippen LogP contribution in [0.3, 0.4) is 0 Å². The maximum absolute atomic E-state index is 13.0. The minimum Gasteiger partial charge on any atom is -0.491 e. The van der Waals surface area contributed by atoms with Crippen LogP contribution in [0, 0.1) is 17.2 Å². The molecule has 0 saturated heterocycles. The number of carbonyl (C=O) groups is 3. The molecule has 0 aromatic heterocycles. The van der Waals surface area contributed by atoms with Gasteiger partial charge in [0.15, 0.2) is 5.75 Å². The second kappa shape index (κ2) is 12.0. The predicted molar refractivity (Wildman–Crippen MR) is 134 cm³/mol. The normalized spacial score (nSPS) is 17.3. The van der Waals surface area contributed by atoms with Crippen molar-refractivity contribution in [1.82, 2.24) is 5.32 Å². The van der Waals surface area contributed by atoms with E-state index in [0.29, 0.717) is 17.9 Å². The van der Waals surface area contributed by atoms with Crippen LogP contribution in [0.5, 0.6) is 5.75 Å². The van der Waals surface area contributed by atoms with Crippen LogP contribution in [0.1, 0.15) is 18.4 Å². The zero-order valence-corrected chi connectivity index (χ0v) is 21.1. The van der Waals surface area contributed by atoms with Gasteiger partial charge in [0.2, 0.25) is 11.8 Å². The summed E-state index contributed by atoms with van der Waals surface area (Å²) < 4.78 is 10.3. The highest BCUT2D eigenvalue weighted by Crippen LogP contribution is 2.44. The summed E-state index contributed by atoms with van der Waals surface area (Å²) in [4.78, 5) is 37.9. The van der Waals surface area contributed by atoms with Gasteiger partial charge in [0, 0.05) is 11.6 Å². The van der Waals surface area contributed by atoms with Crippen LogP contribution in [0.15, 0.2) is 53.1 Å². The number of carbonyl (C=O) groups excluding carboxylic acids is 3. The largest absolute Gasteiger partial charge is 0.491 e. The minimum absolute atomic E-state index is 0.0776. The number of halogens is 2. The fourth-order valence-corrected chi connectivity index (χ4v) is 5.04. The molecular formula is C24H21Cl2N3O5S. The summed E-state index contributed by atoms with van der Waals surface area (Å²) in [6.45, 7) is 2.10. The van der Waals surface area contributed by atoms with Crippen molar-refractivity contribution in [3.05, 3.63) is 68.7 Å². The number of hydrogen-bond acceptors (Lipinski definition) is 7. The van der Waals surface area contributed by atoms with E-state index in [1.807, 2.05) is 6.07 Å². The van der Waals surface area contributed by atoms with Crippen molar-refractivity contribution in [2.24, 2.45) is 5.92 Å². The lowest BCUT2D eigenvalue weighted by Crippen LogP contribution is -2.44. The smallest absolute Gasteiger partial charge is 0.319 e. The standard InChI is InChI=1S/C24H21Cl2N3O5S/c1-3-34-21-16(25)9-13(10-17(21)26)19-15(11-27)23(29-22(31)20(19)24(32)33-2)35-12-18(30)28-14-7-5-4-6-8-14/h4-10,19-20H,3,12H2,1-2H3,(H,28,30)(H,29,31)/t19-,20-/m0/s1. The van der Waals surface area contributed by atoms with E-state index in [9.17, 15) is 19.6 Å². The minimum atomic E-state index is -1.36. The van der Waals surface area contributed by atoms with Gasteiger partial charge in [-0.1, -0.05) is 53.2 Å². The molecule has 0 fully saturated rings. The quantitative estimate of drug-likeness (QED) is 0.378. The van der Waals surface area contributed by atoms with Crippen LogP contribution in [0.2, 0.25) is 10.0 Å². The van der Waals surface area contributed by atoms with Crippen molar-refractivity contribution >= 4 is 58.4 Å². The molecule has 35 heavy (non-hydrogen) atoms. The molecule has 2 aromatic carbocycles. The molecule has 11 heteroatoms. The molecule has 0 unspecified atom stereocenters. The molecule has 8 nitrogen and oxygen atoms in total. The number of nitrogens with zero attached hydrogens (tertiary/aromatic N) is 1. The van der Waals surface area contributed by atoms with E-state index in [2.05, 4.69) is 16.7 Å². The monoisotopic (exact) mass is 533 g/mol. The number of thioether (sulfide) groups is 1. The van der Waals surface area contributed by atoms with Gasteiger partial charge in [-0.25, -0.2) is 0 Å². The predicted octanol–water partition coefficient (Wildman–Crippen LogP) is 4.50. The molecule has 1 aliphatic rings. The Kier molecular flexibility index (Phi) is 9.04. The number of hydrogen-bond donors (Lipinski definition) is 2.